The number of aliphatic hydroxyl groups is 1. The molecule has 0 aliphatic carbocycles. The van der Waals surface area contributed by atoms with E-state index in [9.17, 15) is 5.11 Å². The van der Waals surface area contributed by atoms with Gasteiger partial charge in [0.25, 0.3) is 0 Å². The zero-order valence-corrected chi connectivity index (χ0v) is 11.1. The molecule has 4 nitrogen and oxygen atoms in total. The van der Waals surface area contributed by atoms with Gasteiger partial charge in [0, 0.05) is 18.3 Å². The smallest absolute Gasteiger partial charge is 0.163 e. The zero-order valence-electron chi connectivity index (χ0n) is 11.1. The van der Waals surface area contributed by atoms with Crippen molar-refractivity contribution in [2.45, 2.75) is 6.10 Å². The van der Waals surface area contributed by atoms with Gasteiger partial charge in [-0.25, -0.2) is 0 Å². The Morgan fingerprint density at radius 3 is 2.55 bits per heavy atom. The Bertz CT molecular complexity index is 571. The molecule has 0 saturated heterocycles. The molecular formula is C16H17NO3. The molecule has 1 aliphatic heterocycles. The van der Waals surface area contributed by atoms with E-state index in [1.165, 1.54) is 0 Å². The Morgan fingerprint density at radius 1 is 1.00 bits per heavy atom. The van der Waals surface area contributed by atoms with E-state index in [2.05, 4.69) is 5.32 Å². The summed E-state index contributed by atoms with van der Waals surface area (Å²) in [6.07, 6.45) is -0.538. The van der Waals surface area contributed by atoms with E-state index in [4.69, 9.17) is 9.47 Å². The normalized spacial score (nSPS) is 14.7. The van der Waals surface area contributed by atoms with Crippen LogP contribution in [0, 0.1) is 0 Å². The molecule has 0 bridgehead atoms. The van der Waals surface area contributed by atoms with Gasteiger partial charge in [0.15, 0.2) is 11.5 Å². The van der Waals surface area contributed by atoms with Crippen LogP contribution in [0.25, 0.3) is 0 Å². The minimum absolute atomic E-state index is 0.448. The minimum Gasteiger partial charge on any atom is -0.486 e. The van der Waals surface area contributed by atoms with Crippen LogP contribution >= 0.6 is 0 Å². The highest BCUT2D eigenvalue weighted by atomic mass is 16.6. The summed E-state index contributed by atoms with van der Waals surface area (Å²) in [6.45, 7) is 1.61. The molecule has 2 aromatic carbocycles. The molecule has 2 aromatic rings. The Kier molecular flexibility index (Phi) is 3.74. The Labute approximate surface area is 118 Å². The minimum atomic E-state index is -0.538. The molecule has 0 aromatic heterocycles. The van der Waals surface area contributed by atoms with E-state index < -0.39 is 6.10 Å². The maximum atomic E-state index is 10.1. The summed E-state index contributed by atoms with van der Waals surface area (Å²) in [6, 6.07) is 15.3. The zero-order chi connectivity index (χ0) is 13.8. The fraction of sp³-hybridized carbons (Fsp3) is 0.250. The number of aliphatic hydroxyl groups excluding tert-OH is 1. The molecule has 3 rings (SSSR count). The highest BCUT2D eigenvalue weighted by Crippen LogP contribution is 2.32. The van der Waals surface area contributed by atoms with Crippen molar-refractivity contribution in [2.24, 2.45) is 0 Å². The van der Waals surface area contributed by atoms with Gasteiger partial charge in [0.2, 0.25) is 0 Å². The topological polar surface area (TPSA) is 50.7 Å². The first-order chi connectivity index (χ1) is 9.83. The van der Waals surface area contributed by atoms with E-state index >= 15 is 0 Å². The largest absolute Gasteiger partial charge is 0.486 e. The lowest BCUT2D eigenvalue weighted by atomic mass is 10.1. The lowest BCUT2D eigenvalue weighted by Gasteiger charge is -2.19. The fourth-order valence-corrected chi connectivity index (χ4v) is 2.16. The van der Waals surface area contributed by atoms with Crippen LogP contribution in [0.4, 0.5) is 5.69 Å². The van der Waals surface area contributed by atoms with Crippen LogP contribution in [0.3, 0.4) is 0 Å². The molecule has 104 valence electrons. The summed E-state index contributed by atoms with van der Waals surface area (Å²) in [7, 11) is 0. The molecule has 1 heterocycles. The summed E-state index contributed by atoms with van der Waals surface area (Å²) in [5.74, 6) is 1.51. The summed E-state index contributed by atoms with van der Waals surface area (Å²) in [5, 5.41) is 13.3. The van der Waals surface area contributed by atoms with Gasteiger partial charge in [-0.05, 0) is 17.7 Å². The summed E-state index contributed by atoms with van der Waals surface area (Å²) >= 11 is 0. The number of fused-ring (bicyclic) bond motifs is 1. The average molecular weight is 271 g/mol. The molecule has 1 aliphatic rings. The Hall–Kier alpha value is -2.20. The van der Waals surface area contributed by atoms with Crippen LogP contribution in [0.2, 0.25) is 0 Å². The molecule has 0 saturated carbocycles. The first-order valence-electron chi connectivity index (χ1n) is 6.69. The lowest BCUT2D eigenvalue weighted by molar-refractivity contribution is 0.171. The van der Waals surface area contributed by atoms with E-state index in [1.54, 1.807) is 0 Å². The first kappa shape index (κ1) is 12.8. The van der Waals surface area contributed by atoms with Crippen LogP contribution in [0.5, 0.6) is 11.5 Å². The van der Waals surface area contributed by atoms with Gasteiger partial charge in [0.1, 0.15) is 13.2 Å². The number of hydrogen-bond acceptors (Lipinski definition) is 4. The second-order valence-corrected chi connectivity index (χ2v) is 4.67. The predicted molar refractivity (Wildman–Crippen MR) is 77.3 cm³/mol. The van der Waals surface area contributed by atoms with Crippen molar-refractivity contribution in [1.82, 2.24) is 0 Å². The molecule has 2 N–H and O–H groups in total. The van der Waals surface area contributed by atoms with E-state index in [0.717, 1.165) is 22.7 Å². The molecular weight excluding hydrogens is 254 g/mol. The number of hydrogen-bond donors (Lipinski definition) is 2. The third-order valence-electron chi connectivity index (χ3n) is 3.23. The molecule has 0 amide bonds. The molecule has 1 atom stereocenters. The standard InChI is InChI=1S/C16H17NO3/c18-14(12-4-2-1-3-5-12)11-17-13-6-7-15-16(10-13)20-9-8-19-15/h1-7,10,14,17-18H,8-9,11H2. The molecule has 0 fully saturated rings. The van der Waals surface area contributed by atoms with Gasteiger partial charge in [-0.15, -0.1) is 0 Å². The van der Waals surface area contributed by atoms with Crippen LogP contribution < -0.4 is 14.8 Å². The van der Waals surface area contributed by atoms with E-state index in [-0.39, 0.29) is 0 Å². The Morgan fingerprint density at radius 2 is 1.75 bits per heavy atom. The number of anilines is 1. The molecule has 4 heteroatoms. The highest BCUT2D eigenvalue weighted by molar-refractivity contribution is 5.55. The summed E-state index contributed by atoms with van der Waals surface area (Å²) < 4.78 is 11.0. The van der Waals surface area contributed by atoms with Crippen molar-refractivity contribution < 1.29 is 14.6 Å². The molecule has 0 radical (unpaired) electrons. The first-order valence-corrected chi connectivity index (χ1v) is 6.69. The van der Waals surface area contributed by atoms with Gasteiger partial charge >= 0.3 is 0 Å². The summed E-state index contributed by atoms with van der Waals surface area (Å²) in [5.41, 5.74) is 1.81. The average Bonchev–Trinajstić information content (AvgIpc) is 2.53. The molecule has 1 unspecified atom stereocenters. The van der Waals surface area contributed by atoms with Crippen molar-refractivity contribution in [3.8, 4) is 11.5 Å². The SMILES string of the molecule is OC(CNc1ccc2c(c1)OCCO2)c1ccccc1. The van der Waals surface area contributed by atoms with Crippen LogP contribution in [-0.2, 0) is 0 Å². The maximum Gasteiger partial charge on any atom is 0.163 e. The quantitative estimate of drug-likeness (QED) is 0.897. The van der Waals surface area contributed by atoms with Gasteiger partial charge in [0.05, 0.1) is 6.10 Å². The van der Waals surface area contributed by atoms with E-state index in [0.29, 0.717) is 19.8 Å². The number of benzene rings is 2. The Balaban J connectivity index is 1.64. The van der Waals surface area contributed by atoms with E-state index in [1.807, 2.05) is 48.5 Å². The summed E-state index contributed by atoms with van der Waals surface area (Å²) in [4.78, 5) is 0. The van der Waals surface area contributed by atoms with Gasteiger partial charge in [-0.2, -0.15) is 0 Å². The van der Waals surface area contributed by atoms with Gasteiger partial charge in [-0.3, -0.25) is 0 Å². The van der Waals surface area contributed by atoms with Crippen molar-refractivity contribution in [3.05, 3.63) is 54.1 Å². The second kappa shape index (κ2) is 5.84. The molecule has 0 spiro atoms. The van der Waals surface area contributed by atoms with Crippen LogP contribution in [0.15, 0.2) is 48.5 Å². The van der Waals surface area contributed by atoms with Crippen molar-refractivity contribution >= 4 is 5.69 Å². The predicted octanol–water partition coefficient (Wildman–Crippen LogP) is 2.60. The monoisotopic (exact) mass is 271 g/mol. The maximum absolute atomic E-state index is 10.1. The molecule has 20 heavy (non-hydrogen) atoms. The third kappa shape index (κ3) is 2.86. The number of rotatable bonds is 4. The highest BCUT2D eigenvalue weighted by Gasteiger charge is 2.12. The lowest BCUT2D eigenvalue weighted by Crippen LogP contribution is -2.16. The van der Waals surface area contributed by atoms with Crippen molar-refractivity contribution in [3.63, 3.8) is 0 Å². The second-order valence-electron chi connectivity index (χ2n) is 4.67. The third-order valence-corrected chi connectivity index (χ3v) is 3.23. The van der Waals surface area contributed by atoms with Crippen LogP contribution in [-0.4, -0.2) is 24.9 Å². The number of nitrogens with one attached hydrogen (secondary N) is 1. The van der Waals surface area contributed by atoms with Gasteiger partial charge < -0.3 is 19.9 Å². The van der Waals surface area contributed by atoms with Crippen molar-refractivity contribution in [2.75, 3.05) is 25.1 Å². The van der Waals surface area contributed by atoms with Gasteiger partial charge in [-0.1, -0.05) is 30.3 Å². The van der Waals surface area contributed by atoms with Crippen LogP contribution in [0.1, 0.15) is 11.7 Å². The van der Waals surface area contributed by atoms with Crippen molar-refractivity contribution in [1.29, 1.82) is 0 Å². The fourth-order valence-electron chi connectivity index (χ4n) is 2.16. The number of ether oxygens (including phenoxy) is 2.